The summed E-state index contributed by atoms with van der Waals surface area (Å²) in [7, 11) is 0. The molecule has 5 nitrogen and oxygen atoms in total. The standard InChI is InChI=1S/C14H10Cl3N3O2S/c1-23-8-4-2-7(3-5-8)6-18-20-11-9(15)12(14(21)22)19-13(17)10(11)16/h2-6H,1H3,(H,19,20)(H,21,22)/p-1/b18-6-. The molecule has 0 atom stereocenters. The monoisotopic (exact) mass is 388 g/mol. The van der Waals surface area contributed by atoms with Gasteiger partial charge in [0.05, 0.1) is 22.9 Å². The highest BCUT2D eigenvalue weighted by molar-refractivity contribution is 7.98. The molecule has 2 rings (SSSR count). The molecule has 23 heavy (non-hydrogen) atoms. The summed E-state index contributed by atoms with van der Waals surface area (Å²) in [5, 5.41) is 14.5. The van der Waals surface area contributed by atoms with E-state index in [0.29, 0.717) is 0 Å². The number of carboxylic acid groups (broad SMARTS) is 1. The average Bonchev–Trinajstić information content (AvgIpc) is 2.54. The Hall–Kier alpha value is -1.47. The van der Waals surface area contributed by atoms with Crippen LogP contribution in [0.4, 0.5) is 5.69 Å². The second-order valence-corrected chi connectivity index (χ2v) is 6.18. The van der Waals surface area contributed by atoms with Crippen LogP contribution in [0.15, 0.2) is 34.3 Å². The van der Waals surface area contributed by atoms with Gasteiger partial charge in [0.2, 0.25) is 0 Å². The van der Waals surface area contributed by atoms with E-state index in [1.807, 2.05) is 30.5 Å². The summed E-state index contributed by atoms with van der Waals surface area (Å²) in [5.41, 5.74) is 2.95. The number of carboxylic acids is 1. The van der Waals surface area contributed by atoms with Gasteiger partial charge in [0.1, 0.15) is 10.7 Å². The minimum absolute atomic E-state index is 0.0310. The van der Waals surface area contributed by atoms with Gasteiger partial charge in [0, 0.05) is 4.90 Å². The third-order valence-corrected chi connectivity index (χ3v) is 4.59. The van der Waals surface area contributed by atoms with Crippen molar-refractivity contribution in [2.24, 2.45) is 5.10 Å². The second-order valence-electron chi connectivity index (χ2n) is 4.18. The molecule has 0 aliphatic rings. The second kappa shape index (κ2) is 7.88. The number of benzene rings is 1. The number of aromatic nitrogens is 1. The zero-order valence-corrected chi connectivity index (χ0v) is 14.7. The van der Waals surface area contributed by atoms with Crippen LogP contribution in [0.3, 0.4) is 0 Å². The first-order chi connectivity index (χ1) is 10.9. The Morgan fingerprint density at radius 3 is 2.48 bits per heavy atom. The van der Waals surface area contributed by atoms with E-state index < -0.39 is 11.7 Å². The first kappa shape index (κ1) is 17.9. The Labute approximate surface area is 151 Å². The van der Waals surface area contributed by atoms with Crippen LogP contribution in [0.25, 0.3) is 0 Å². The fourth-order valence-corrected chi connectivity index (χ4v) is 2.68. The van der Waals surface area contributed by atoms with Crippen LogP contribution in [-0.4, -0.2) is 23.4 Å². The van der Waals surface area contributed by atoms with Crippen molar-refractivity contribution >= 4 is 64.4 Å². The minimum Gasteiger partial charge on any atom is -0.543 e. The number of halogens is 3. The van der Waals surface area contributed by atoms with Crippen LogP contribution in [0.5, 0.6) is 0 Å². The van der Waals surface area contributed by atoms with Crippen molar-refractivity contribution < 1.29 is 9.90 Å². The maximum absolute atomic E-state index is 11.0. The largest absolute Gasteiger partial charge is 0.543 e. The van der Waals surface area contributed by atoms with Crippen LogP contribution in [0.2, 0.25) is 15.2 Å². The third-order valence-electron chi connectivity index (χ3n) is 2.74. The number of hydrogen-bond donors (Lipinski definition) is 1. The highest BCUT2D eigenvalue weighted by Gasteiger charge is 2.16. The zero-order valence-electron chi connectivity index (χ0n) is 11.6. The number of carbonyl (C=O) groups is 1. The molecule has 9 heteroatoms. The molecular weight excluding hydrogens is 381 g/mol. The van der Waals surface area contributed by atoms with Crippen molar-refractivity contribution in [3.8, 4) is 0 Å². The number of nitrogens with zero attached hydrogens (tertiary/aromatic N) is 2. The van der Waals surface area contributed by atoms with Gasteiger partial charge in [-0.25, -0.2) is 4.98 Å². The van der Waals surface area contributed by atoms with E-state index in [1.54, 1.807) is 11.8 Å². The van der Waals surface area contributed by atoms with E-state index in [1.165, 1.54) is 6.21 Å². The molecule has 0 bridgehead atoms. The summed E-state index contributed by atoms with van der Waals surface area (Å²) >= 11 is 19.3. The van der Waals surface area contributed by atoms with E-state index in [-0.39, 0.29) is 20.9 Å². The number of thioether (sulfide) groups is 1. The molecule has 0 fully saturated rings. The smallest absolute Gasteiger partial charge is 0.150 e. The Morgan fingerprint density at radius 2 is 1.91 bits per heavy atom. The van der Waals surface area contributed by atoms with Gasteiger partial charge >= 0.3 is 0 Å². The summed E-state index contributed by atoms with van der Waals surface area (Å²) in [5.74, 6) is -1.56. The molecule has 120 valence electrons. The zero-order chi connectivity index (χ0) is 17.0. The lowest BCUT2D eigenvalue weighted by Crippen LogP contribution is -2.24. The van der Waals surface area contributed by atoms with E-state index in [0.717, 1.165) is 10.5 Å². The van der Waals surface area contributed by atoms with Crippen molar-refractivity contribution in [1.82, 2.24) is 4.98 Å². The van der Waals surface area contributed by atoms with E-state index in [9.17, 15) is 9.90 Å². The Kier molecular flexibility index (Phi) is 6.12. The van der Waals surface area contributed by atoms with Crippen molar-refractivity contribution in [2.45, 2.75) is 4.90 Å². The summed E-state index contributed by atoms with van der Waals surface area (Å²) in [4.78, 5) is 15.7. The Bertz CT molecular complexity index is 767. The first-order valence-corrected chi connectivity index (χ1v) is 8.49. The van der Waals surface area contributed by atoms with Crippen molar-refractivity contribution in [2.75, 3.05) is 11.7 Å². The molecule has 0 saturated carbocycles. The topological polar surface area (TPSA) is 77.4 Å². The van der Waals surface area contributed by atoms with Crippen LogP contribution in [-0.2, 0) is 0 Å². The van der Waals surface area contributed by atoms with Gasteiger partial charge in [-0.3, -0.25) is 5.43 Å². The summed E-state index contributed by atoms with van der Waals surface area (Å²) in [6.45, 7) is 0. The van der Waals surface area contributed by atoms with Crippen molar-refractivity contribution in [3.63, 3.8) is 0 Å². The third kappa shape index (κ3) is 4.29. The lowest BCUT2D eigenvalue weighted by atomic mass is 10.2. The van der Waals surface area contributed by atoms with Gasteiger partial charge < -0.3 is 9.90 Å². The molecule has 0 amide bonds. The molecule has 0 spiro atoms. The Morgan fingerprint density at radius 1 is 1.26 bits per heavy atom. The number of anilines is 1. The number of hydrazone groups is 1. The number of aromatic carboxylic acids is 1. The Balaban J connectivity index is 2.25. The molecular formula is C14H9Cl3N3O2S-. The highest BCUT2D eigenvalue weighted by Crippen LogP contribution is 2.36. The maximum atomic E-state index is 11.0. The first-order valence-electron chi connectivity index (χ1n) is 6.13. The lowest BCUT2D eigenvalue weighted by molar-refractivity contribution is -0.255. The number of carbonyl (C=O) groups excluding carboxylic acids is 1. The highest BCUT2D eigenvalue weighted by atomic mass is 35.5. The number of nitrogens with one attached hydrogen (secondary N) is 1. The SMILES string of the molecule is CSc1ccc(/C=N\Nc2c(Cl)c(Cl)nc(C(=O)[O-])c2Cl)cc1. The number of rotatable bonds is 5. The molecule has 0 saturated heterocycles. The lowest BCUT2D eigenvalue weighted by Gasteiger charge is -2.12. The van der Waals surface area contributed by atoms with E-state index in [4.69, 9.17) is 34.8 Å². The number of pyridine rings is 1. The molecule has 1 N–H and O–H groups in total. The fraction of sp³-hybridized carbons (Fsp3) is 0.0714. The average molecular weight is 390 g/mol. The predicted molar refractivity (Wildman–Crippen MR) is 93.0 cm³/mol. The van der Waals surface area contributed by atoms with Gasteiger partial charge in [0.25, 0.3) is 0 Å². The summed E-state index contributed by atoms with van der Waals surface area (Å²) < 4.78 is 0. The molecule has 0 aliphatic heterocycles. The maximum Gasteiger partial charge on any atom is 0.150 e. The molecule has 1 aromatic heterocycles. The van der Waals surface area contributed by atoms with Crippen molar-refractivity contribution in [1.29, 1.82) is 0 Å². The summed E-state index contributed by atoms with van der Waals surface area (Å²) in [6.07, 6.45) is 3.51. The van der Waals surface area contributed by atoms with Gasteiger partial charge in [0.15, 0.2) is 5.15 Å². The molecule has 0 unspecified atom stereocenters. The molecule has 2 aromatic rings. The van der Waals surface area contributed by atoms with E-state index in [2.05, 4.69) is 15.5 Å². The molecule has 0 radical (unpaired) electrons. The summed E-state index contributed by atoms with van der Waals surface area (Å²) in [6, 6.07) is 7.66. The molecule has 1 heterocycles. The van der Waals surface area contributed by atoms with Gasteiger partial charge in [-0.1, -0.05) is 46.9 Å². The minimum atomic E-state index is -1.56. The van der Waals surface area contributed by atoms with Crippen LogP contribution < -0.4 is 10.5 Å². The van der Waals surface area contributed by atoms with Gasteiger partial charge in [-0.15, -0.1) is 11.8 Å². The van der Waals surface area contributed by atoms with Crippen molar-refractivity contribution in [3.05, 3.63) is 50.7 Å². The predicted octanol–water partition coefficient (Wildman–Crippen LogP) is 3.57. The molecule has 1 aromatic carbocycles. The fourth-order valence-electron chi connectivity index (χ4n) is 1.61. The van der Waals surface area contributed by atoms with Gasteiger partial charge in [-0.2, -0.15) is 5.10 Å². The van der Waals surface area contributed by atoms with E-state index >= 15 is 0 Å². The van der Waals surface area contributed by atoms with Gasteiger partial charge in [-0.05, 0) is 24.0 Å². The van der Waals surface area contributed by atoms with Crippen LogP contribution >= 0.6 is 46.6 Å². The van der Waals surface area contributed by atoms with Crippen LogP contribution in [0.1, 0.15) is 16.1 Å². The normalized spacial score (nSPS) is 11.0. The number of hydrogen-bond acceptors (Lipinski definition) is 6. The molecule has 0 aliphatic carbocycles. The quantitative estimate of drug-likeness (QED) is 0.366. The van der Waals surface area contributed by atoms with Crippen LogP contribution in [0, 0.1) is 0 Å².